The Morgan fingerprint density at radius 1 is 0.974 bits per heavy atom. The summed E-state index contributed by atoms with van der Waals surface area (Å²) in [6, 6.07) is 18.6. The van der Waals surface area contributed by atoms with Crippen molar-refractivity contribution >= 4 is 23.4 Å². The van der Waals surface area contributed by atoms with Crippen molar-refractivity contribution in [2.45, 2.75) is 50.6 Å². The minimum Gasteiger partial charge on any atom is -0.344 e. The highest BCUT2D eigenvalue weighted by Crippen LogP contribution is 2.38. The predicted molar refractivity (Wildman–Crippen MR) is 144 cm³/mol. The van der Waals surface area contributed by atoms with Gasteiger partial charge in [-0.15, -0.1) is 0 Å². The highest BCUT2D eigenvalue weighted by molar-refractivity contribution is 6.02. The van der Waals surface area contributed by atoms with Crippen LogP contribution in [0.15, 0.2) is 72.8 Å². The average Bonchev–Trinajstić information content (AvgIpc) is 3.74. The first kappa shape index (κ1) is 26.5. The standard InChI is InChI=1S/C31H31F2N3O3/c1-19(34-28(37)15-21-13-24(32)17-25(33)14-21)30(38)35-29-26(22-7-3-2-4-8-22)16-23-9-5-6-10-27(23)36(31(29)39)18-20-11-12-20/h2-10,13-14,17,19-20,26,29H,11-12,15-16,18H2,1H3,(H,34,37)(H,35,38)/t19-,26+,29-/m0/s1. The highest BCUT2D eigenvalue weighted by atomic mass is 19.1. The molecule has 0 unspecified atom stereocenters. The maximum Gasteiger partial charge on any atom is 0.250 e. The number of hydrogen-bond acceptors (Lipinski definition) is 3. The number of amides is 3. The number of halogens is 2. The molecule has 3 aromatic carbocycles. The third-order valence-corrected chi connectivity index (χ3v) is 7.38. The van der Waals surface area contributed by atoms with E-state index >= 15 is 0 Å². The molecular weight excluding hydrogens is 500 g/mol. The van der Waals surface area contributed by atoms with Crippen LogP contribution in [-0.4, -0.2) is 36.3 Å². The van der Waals surface area contributed by atoms with Gasteiger partial charge in [-0.25, -0.2) is 8.78 Å². The average molecular weight is 532 g/mol. The number of nitrogens with zero attached hydrogens (tertiary/aromatic N) is 1. The second-order valence-corrected chi connectivity index (χ2v) is 10.5. The van der Waals surface area contributed by atoms with Crippen molar-refractivity contribution in [2.24, 2.45) is 5.92 Å². The third kappa shape index (κ3) is 6.33. The summed E-state index contributed by atoms with van der Waals surface area (Å²) in [5.41, 5.74) is 3.01. The molecule has 0 bridgehead atoms. The molecule has 202 valence electrons. The fourth-order valence-electron chi connectivity index (χ4n) is 5.21. The molecule has 1 fully saturated rings. The van der Waals surface area contributed by atoms with Crippen LogP contribution in [-0.2, 0) is 27.2 Å². The number of carbonyl (C=O) groups excluding carboxylic acids is 3. The molecule has 0 aromatic heterocycles. The number of rotatable bonds is 8. The smallest absolute Gasteiger partial charge is 0.250 e. The Labute approximate surface area is 226 Å². The second-order valence-electron chi connectivity index (χ2n) is 10.5. The van der Waals surface area contributed by atoms with Crippen LogP contribution in [0.25, 0.3) is 0 Å². The van der Waals surface area contributed by atoms with E-state index in [4.69, 9.17) is 0 Å². The zero-order chi connectivity index (χ0) is 27.5. The number of hydrogen-bond donors (Lipinski definition) is 2. The van der Waals surface area contributed by atoms with E-state index in [0.29, 0.717) is 18.9 Å². The van der Waals surface area contributed by atoms with E-state index in [0.717, 1.165) is 47.9 Å². The predicted octanol–water partition coefficient (Wildman–Crippen LogP) is 4.28. The lowest BCUT2D eigenvalue weighted by atomic mass is 9.86. The molecule has 1 heterocycles. The van der Waals surface area contributed by atoms with Gasteiger partial charge in [0.05, 0.1) is 6.42 Å². The Morgan fingerprint density at radius 3 is 2.33 bits per heavy atom. The number of benzene rings is 3. The SMILES string of the molecule is C[C@H](NC(=O)Cc1cc(F)cc(F)c1)C(=O)N[C@@H]1C(=O)N(CC2CC2)c2ccccc2C[C@@H]1c1ccccc1. The first-order chi connectivity index (χ1) is 18.8. The van der Waals surface area contributed by atoms with Gasteiger partial charge in [0.2, 0.25) is 17.7 Å². The summed E-state index contributed by atoms with van der Waals surface area (Å²) in [5.74, 6) is -2.67. The Kier molecular flexibility index (Phi) is 7.72. The van der Waals surface area contributed by atoms with Crippen molar-refractivity contribution < 1.29 is 23.2 Å². The van der Waals surface area contributed by atoms with E-state index in [-0.39, 0.29) is 23.8 Å². The summed E-state index contributed by atoms with van der Waals surface area (Å²) in [5, 5.41) is 5.53. The van der Waals surface area contributed by atoms with Gasteiger partial charge in [0.15, 0.2) is 0 Å². The molecule has 2 N–H and O–H groups in total. The number of fused-ring (bicyclic) bond motifs is 1. The van der Waals surface area contributed by atoms with Crippen LogP contribution in [0.5, 0.6) is 0 Å². The lowest BCUT2D eigenvalue weighted by Gasteiger charge is -2.30. The summed E-state index contributed by atoms with van der Waals surface area (Å²) >= 11 is 0. The van der Waals surface area contributed by atoms with Gasteiger partial charge < -0.3 is 15.5 Å². The molecule has 3 atom stereocenters. The third-order valence-electron chi connectivity index (χ3n) is 7.38. The summed E-state index contributed by atoms with van der Waals surface area (Å²) < 4.78 is 27.0. The van der Waals surface area contributed by atoms with E-state index in [2.05, 4.69) is 10.6 Å². The molecule has 1 saturated carbocycles. The molecule has 3 amide bonds. The van der Waals surface area contributed by atoms with Gasteiger partial charge in [-0.1, -0.05) is 48.5 Å². The van der Waals surface area contributed by atoms with Crippen molar-refractivity contribution in [1.29, 1.82) is 0 Å². The van der Waals surface area contributed by atoms with Crippen molar-refractivity contribution in [3.05, 3.63) is 101 Å². The Balaban J connectivity index is 1.37. The lowest BCUT2D eigenvalue weighted by Crippen LogP contribution is -2.55. The van der Waals surface area contributed by atoms with Crippen LogP contribution >= 0.6 is 0 Å². The van der Waals surface area contributed by atoms with E-state index < -0.39 is 35.5 Å². The first-order valence-electron chi connectivity index (χ1n) is 13.3. The Morgan fingerprint density at radius 2 is 1.64 bits per heavy atom. The zero-order valence-corrected chi connectivity index (χ0v) is 21.7. The molecule has 0 spiro atoms. The molecule has 39 heavy (non-hydrogen) atoms. The van der Waals surface area contributed by atoms with E-state index in [9.17, 15) is 23.2 Å². The molecule has 1 aliphatic carbocycles. The lowest BCUT2D eigenvalue weighted by molar-refractivity contribution is -0.131. The molecule has 8 heteroatoms. The fourth-order valence-corrected chi connectivity index (χ4v) is 5.21. The van der Waals surface area contributed by atoms with Gasteiger partial charge in [0.1, 0.15) is 23.7 Å². The largest absolute Gasteiger partial charge is 0.344 e. The Hall–Kier alpha value is -4.07. The minimum absolute atomic E-state index is 0.161. The molecule has 0 saturated heterocycles. The van der Waals surface area contributed by atoms with Gasteiger partial charge >= 0.3 is 0 Å². The van der Waals surface area contributed by atoms with Crippen LogP contribution in [0, 0.1) is 17.6 Å². The zero-order valence-electron chi connectivity index (χ0n) is 21.7. The van der Waals surface area contributed by atoms with Gasteiger partial charge in [-0.05, 0) is 67.0 Å². The van der Waals surface area contributed by atoms with Gasteiger partial charge in [0, 0.05) is 24.2 Å². The topological polar surface area (TPSA) is 78.5 Å². The number of nitrogens with one attached hydrogen (secondary N) is 2. The van der Waals surface area contributed by atoms with Crippen LogP contribution in [0.2, 0.25) is 0 Å². The number of carbonyl (C=O) groups is 3. The summed E-state index contributed by atoms with van der Waals surface area (Å²) in [7, 11) is 0. The fraction of sp³-hybridized carbons (Fsp3) is 0.323. The van der Waals surface area contributed by atoms with Crippen LogP contribution in [0.1, 0.15) is 42.4 Å². The molecule has 5 rings (SSSR count). The van der Waals surface area contributed by atoms with E-state index in [1.807, 2.05) is 59.5 Å². The molecule has 6 nitrogen and oxygen atoms in total. The quantitative estimate of drug-likeness (QED) is 0.456. The minimum atomic E-state index is -0.970. The number of anilines is 1. The molecule has 3 aromatic rings. The summed E-state index contributed by atoms with van der Waals surface area (Å²) in [6.45, 7) is 2.12. The molecule has 1 aliphatic heterocycles. The van der Waals surface area contributed by atoms with Crippen molar-refractivity contribution in [3.63, 3.8) is 0 Å². The van der Waals surface area contributed by atoms with Crippen LogP contribution in [0.4, 0.5) is 14.5 Å². The van der Waals surface area contributed by atoms with Gasteiger partial charge in [-0.2, -0.15) is 0 Å². The normalized spacial score (nSPS) is 19.6. The summed E-state index contributed by atoms with van der Waals surface area (Å²) in [6.07, 6.45) is 2.42. The molecular formula is C31H31F2N3O3. The number of para-hydroxylation sites is 1. The van der Waals surface area contributed by atoms with Crippen molar-refractivity contribution in [3.8, 4) is 0 Å². The second kappa shape index (κ2) is 11.4. The van der Waals surface area contributed by atoms with Crippen LogP contribution in [0.3, 0.4) is 0 Å². The monoisotopic (exact) mass is 531 g/mol. The first-order valence-corrected chi connectivity index (χ1v) is 13.3. The maximum absolute atomic E-state index is 14.1. The molecule has 2 aliphatic rings. The van der Waals surface area contributed by atoms with Crippen molar-refractivity contribution in [1.82, 2.24) is 10.6 Å². The van der Waals surface area contributed by atoms with Crippen LogP contribution < -0.4 is 15.5 Å². The van der Waals surface area contributed by atoms with Gasteiger partial charge in [-0.3, -0.25) is 14.4 Å². The van der Waals surface area contributed by atoms with Crippen molar-refractivity contribution in [2.75, 3.05) is 11.4 Å². The Bertz CT molecular complexity index is 1360. The maximum atomic E-state index is 14.1. The summed E-state index contributed by atoms with van der Waals surface area (Å²) in [4.78, 5) is 41.8. The van der Waals surface area contributed by atoms with E-state index in [1.165, 1.54) is 6.92 Å². The highest BCUT2D eigenvalue weighted by Gasteiger charge is 2.41. The van der Waals surface area contributed by atoms with E-state index in [1.54, 1.807) is 0 Å². The van der Waals surface area contributed by atoms with Gasteiger partial charge in [0.25, 0.3) is 0 Å². The molecule has 0 radical (unpaired) electrons.